The van der Waals surface area contributed by atoms with Crippen molar-refractivity contribution in [2.24, 2.45) is 5.92 Å². The smallest absolute Gasteiger partial charge is 0.253 e. The fourth-order valence-corrected chi connectivity index (χ4v) is 2.05. The lowest BCUT2D eigenvalue weighted by Gasteiger charge is -2.19. The number of halogens is 2. The van der Waals surface area contributed by atoms with Gasteiger partial charge in [-0.25, -0.2) is 4.98 Å². The molecule has 0 aliphatic rings. The lowest BCUT2D eigenvalue weighted by atomic mass is 10.0. The standard InChI is InChI=1S/C13H17Cl2N3O2/c1-7(2)4-10(13(20)16-3)18-12(19)8-5-11(15)17-6-9(8)14/h5-7,10H,4H2,1-3H3,(H,16,20)(H,18,19). The predicted octanol–water partition coefficient (Wildman–Crippen LogP) is 2.28. The first-order chi connectivity index (χ1) is 9.35. The lowest BCUT2D eigenvalue weighted by Crippen LogP contribution is -2.46. The van der Waals surface area contributed by atoms with Crippen molar-refractivity contribution in [3.05, 3.63) is 28.0 Å². The summed E-state index contributed by atoms with van der Waals surface area (Å²) in [6, 6.07) is 0.755. The van der Waals surface area contributed by atoms with Gasteiger partial charge in [0.2, 0.25) is 5.91 Å². The largest absolute Gasteiger partial charge is 0.357 e. The van der Waals surface area contributed by atoms with Gasteiger partial charge in [0.15, 0.2) is 0 Å². The molecule has 110 valence electrons. The highest BCUT2D eigenvalue weighted by Gasteiger charge is 2.22. The minimum absolute atomic E-state index is 0.167. The van der Waals surface area contributed by atoms with Crippen molar-refractivity contribution in [1.82, 2.24) is 15.6 Å². The van der Waals surface area contributed by atoms with Gasteiger partial charge in [-0.1, -0.05) is 37.0 Å². The van der Waals surface area contributed by atoms with Crippen LogP contribution in [0.25, 0.3) is 0 Å². The Morgan fingerprint density at radius 3 is 2.55 bits per heavy atom. The Bertz CT molecular complexity index is 506. The van der Waals surface area contributed by atoms with Gasteiger partial charge < -0.3 is 10.6 Å². The third-order valence-corrected chi connectivity index (χ3v) is 3.15. The van der Waals surface area contributed by atoms with Crippen LogP contribution in [0, 0.1) is 5.92 Å². The minimum atomic E-state index is -0.615. The van der Waals surface area contributed by atoms with E-state index in [0.29, 0.717) is 6.42 Å². The summed E-state index contributed by atoms with van der Waals surface area (Å²) in [5, 5.41) is 5.54. The molecule has 1 aromatic rings. The molecule has 0 aliphatic heterocycles. The van der Waals surface area contributed by atoms with Gasteiger partial charge >= 0.3 is 0 Å². The van der Waals surface area contributed by atoms with Crippen LogP contribution in [0.4, 0.5) is 0 Å². The summed E-state index contributed by atoms with van der Waals surface area (Å²) in [7, 11) is 1.53. The van der Waals surface area contributed by atoms with E-state index in [1.165, 1.54) is 19.3 Å². The fraction of sp³-hybridized carbons (Fsp3) is 0.462. The Kier molecular flexibility index (Phi) is 6.23. The van der Waals surface area contributed by atoms with Gasteiger partial charge in [0.25, 0.3) is 5.91 Å². The molecule has 1 rings (SSSR count). The molecular formula is C13H17Cl2N3O2. The van der Waals surface area contributed by atoms with E-state index in [1.807, 2.05) is 13.8 Å². The van der Waals surface area contributed by atoms with Crippen molar-refractivity contribution in [3.8, 4) is 0 Å². The SMILES string of the molecule is CNC(=O)C(CC(C)C)NC(=O)c1cc(Cl)ncc1Cl. The van der Waals surface area contributed by atoms with E-state index in [9.17, 15) is 9.59 Å². The molecule has 20 heavy (non-hydrogen) atoms. The molecule has 7 heteroatoms. The highest BCUT2D eigenvalue weighted by atomic mass is 35.5. The Labute approximate surface area is 128 Å². The van der Waals surface area contributed by atoms with Crippen LogP contribution in [0.2, 0.25) is 10.2 Å². The van der Waals surface area contributed by atoms with Crippen LogP contribution in [-0.4, -0.2) is 29.9 Å². The molecule has 2 amide bonds. The third kappa shape index (κ3) is 4.65. The van der Waals surface area contributed by atoms with Crippen molar-refractivity contribution < 1.29 is 9.59 Å². The maximum atomic E-state index is 12.2. The number of hydrogen-bond donors (Lipinski definition) is 2. The summed E-state index contributed by atoms with van der Waals surface area (Å²) in [5.74, 6) is -0.439. The van der Waals surface area contributed by atoms with Crippen LogP contribution < -0.4 is 10.6 Å². The quantitative estimate of drug-likeness (QED) is 0.818. The van der Waals surface area contributed by atoms with Gasteiger partial charge in [0, 0.05) is 13.2 Å². The maximum Gasteiger partial charge on any atom is 0.253 e. The predicted molar refractivity (Wildman–Crippen MR) is 79.0 cm³/mol. The highest BCUT2D eigenvalue weighted by molar-refractivity contribution is 6.35. The molecule has 0 spiro atoms. The second kappa shape index (κ2) is 7.45. The highest BCUT2D eigenvalue weighted by Crippen LogP contribution is 2.18. The van der Waals surface area contributed by atoms with Crippen LogP contribution in [-0.2, 0) is 4.79 Å². The molecule has 0 bridgehead atoms. The number of hydrogen-bond acceptors (Lipinski definition) is 3. The normalized spacial score (nSPS) is 12.1. The van der Waals surface area contributed by atoms with Gasteiger partial charge in [-0.3, -0.25) is 9.59 Å². The number of nitrogens with one attached hydrogen (secondary N) is 2. The Morgan fingerprint density at radius 2 is 2.00 bits per heavy atom. The number of aromatic nitrogens is 1. The van der Waals surface area contributed by atoms with Gasteiger partial charge in [0.05, 0.1) is 10.6 Å². The zero-order valence-corrected chi connectivity index (χ0v) is 13.0. The maximum absolute atomic E-state index is 12.2. The molecule has 0 radical (unpaired) electrons. The summed E-state index contributed by atoms with van der Waals surface area (Å²) in [6.07, 6.45) is 1.83. The van der Waals surface area contributed by atoms with E-state index in [0.717, 1.165) is 0 Å². The summed E-state index contributed by atoms with van der Waals surface area (Å²) >= 11 is 11.7. The molecule has 0 aliphatic carbocycles. The van der Waals surface area contributed by atoms with E-state index in [2.05, 4.69) is 15.6 Å². The molecule has 0 aromatic carbocycles. The minimum Gasteiger partial charge on any atom is -0.357 e. The first kappa shape index (κ1) is 16.7. The van der Waals surface area contributed by atoms with Crippen molar-refractivity contribution in [2.75, 3.05) is 7.05 Å². The average molecular weight is 318 g/mol. The summed E-state index contributed by atoms with van der Waals surface area (Å²) in [6.45, 7) is 3.94. The van der Waals surface area contributed by atoms with Gasteiger partial charge in [0.1, 0.15) is 11.2 Å². The molecule has 1 unspecified atom stereocenters. The second-order valence-electron chi connectivity index (χ2n) is 4.76. The van der Waals surface area contributed by atoms with Crippen LogP contribution >= 0.6 is 23.2 Å². The molecule has 1 aromatic heterocycles. The first-order valence-electron chi connectivity index (χ1n) is 6.18. The van der Waals surface area contributed by atoms with E-state index in [-0.39, 0.29) is 27.6 Å². The van der Waals surface area contributed by atoms with E-state index < -0.39 is 11.9 Å². The first-order valence-corrected chi connectivity index (χ1v) is 6.94. The zero-order chi connectivity index (χ0) is 15.3. The summed E-state index contributed by atoms with van der Waals surface area (Å²) in [4.78, 5) is 27.7. The molecule has 0 saturated heterocycles. The average Bonchev–Trinajstić information content (AvgIpc) is 2.39. The monoisotopic (exact) mass is 317 g/mol. The molecule has 5 nitrogen and oxygen atoms in total. The fourth-order valence-electron chi connectivity index (χ4n) is 1.70. The Balaban J connectivity index is 2.90. The third-order valence-electron chi connectivity index (χ3n) is 2.64. The molecular weight excluding hydrogens is 301 g/mol. The number of likely N-dealkylation sites (N-methyl/N-ethyl adjacent to an activating group) is 1. The Hall–Kier alpha value is -1.33. The van der Waals surface area contributed by atoms with Gasteiger partial charge in [-0.15, -0.1) is 0 Å². The second-order valence-corrected chi connectivity index (χ2v) is 5.55. The summed E-state index contributed by atoms with van der Waals surface area (Å²) < 4.78 is 0. The van der Waals surface area contributed by atoms with Crippen molar-refractivity contribution >= 4 is 35.0 Å². The van der Waals surface area contributed by atoms with E-state index in [4.69, 9.17) is 23.2 Å². The van der Waals surface area contributed by atoms with Gasteiger partial charge in [-0.2, -0.15) is 0 Å². The lowest BCUT2D eigenvalue weighted by molar-refractivity contribution is -0.122. The summed E-state index contributed by atoms with van der Waals surface area (Å²) in [5.41, 5.74) is 0.198. The van der Waals surface area contributed by atoms with Crippen molar-refractivity contribution in [1.29, 1.82) is 0 Å². The molecule has 2 N–H and O–H groups in total. The number of amides is 2. The van der Waals surface area contributed by atoms with Gasteiger partial charge in [-0.05, 0) is 18.4 Å². The number of carbonyl (C=O) groups excluding carboxylic acids is 2. The van der Waals surface area contributed by atoms with Crippen LogP contribution in [0.15, 0.2) is 12.3 Å². The zero-order valence-electron chi connectivity index (χ0n) is 11.5. The number of rotatable bonds is 5. The Morgan fingerprint density at radius 1 is 1.35 bits per heavy atom. The molecule has 0 fully saturated rings. The van der Waals surface area contributed by atoms with Crippen LogP contribution in [0.1, 0.15) is 30.6 Å². The number of carbonyl (C=O) groups is 2. The van der Waals surface area contributed by atoms with Crippen molar-refractivity contribution in [2.45, 2.75) is 26.3 Å². The molecule has 1 atom stereocenters. The molecule has 1 heterocycles. The van der Waals surface area contributed by atoms with E-state index >= 15 is 0 Å². The molecule has 0 saturated carbocycles. The van der Waals surface area contributed by atoms with Crippen LogP contribution in [0.5, 0.6) is 0 Å². The van der Waals surface area contributed by atoms with Crippen LogP contribution in [0.3, 0.4) is 0 Å². The van der Waals surface area contributed by atoms with Crippen molar-refractivity contribution in [3.63, 3.8) is 0 Å². The number of nitrogens with zero attached hydrogens (tertiary/aromatic N) is 1. The van der Waals surface area contributed by atoms with E-state index in [1.54, 1.807) is 0 Å². The number of pyridine rings is 1. The topological polar surface area (TPSA) is 71.1 Å².